The van der Waals surface area contributed by atoms with Gasteiger partial charge in [-0.3, -0.25) is 5.10 Å². The van der Waals surface area contributed by atoms with Crippen molar-refractivity contribution in [3.63, 3.8) is 0 Å². The Morgan fingerprint density at radius 2 is 2.27 bits per heavy atom. The van der Waals surface area contributed by atoms with Gasteiger partial charge in [0, 0.05) is 18.4 Å². The topological polar surface area (TPSA) is 79.0 Å². The number of amides is 2. The molecule has 0 unspecified atom stereocenters. The first-order chi connectivity index (χ1) is 10.5. The lowest BCUT2D eigenvalue weighted by molar-refractivity contribution is 0.242. The normalized spacial score (nSPS) is 10.5. The molecule has 118 valence electrons. The highest BCUT2D eigenvalue weighted by Crippen LogP contribution is 2.28. The molecular weight excluding hydrogens is 304 g/mol. The van der Waals surface area contributed by atoms with Crippen molar-refractivity contribution in [2.24, 2.45) is 0 Å². The fourth-order valence-corrected chi connectivity index (χ4v) is 2.06. The molecule has 1 aromatic carbocycles. The van der Waals surface area contributed by atoms with Crippen molar-refractivity contribution in [3.8, 4) is 5.75 Å². The van der Waals surface area contributed by atoms with Gasteiger partial charge in [-0.25, -0.2) is 4.79 Å². The van der Waals surface area contributed by atoms with Crippen molar-refractivity contribution in [3.05, 3.63) is 41.2 Å². The molecule has 6 nitrogen and oxygen atoms in total. The zero-order chi connectivity index (χ0) is 15.9. The minimum absolute atomic E-state index is 0.0440. The Hall–Kier alpha value is -2.21. The number of benzene rings is 1. The van der Waals surface area contributed by atoms with E-state index in [0.29, 0.717) is 29.4 Å². The van der Waals surface area contributed by atoms with Gasteiger partial charge in [-0.2, -0.15) is 5.10 Å². The van der Waals surface area contributed by atoms with Crippen LogP contribution in [0.25, 0.3) is 0 Å². The van der Waals surface area contributed by atoms with Gasteiger partial charge in [0.2, 0.25) is 0 Å². The molecule has 0 aliphatic carbocycles. The van der Waals surface area contributed by atoms with Crippen LogP contribution in [0.3, 0.4) is 0 Å². The van der Waals surface area contributed by atoms with Crippen LogP contribution in [0.4, 0.5) is 10.5 Å². The average molecular weight is 323 g/mol. The van der Waals surface area contributed by atoms with E-state index in [2.05, 4.69) is 20.8 Å². The molecule has 7 heteroatoms. The third kappa shape index (κ3) is 4.96. The Bertz CT molecular complexity index is 614. The Kier molecular flexibility index (Phi) is 5.66. The lowest BCUT2D eigenvalue weighted by atomic mass is 10.2. The Morgan fingerprint density at radius 1 is 1.45 bits per heavy atom. The molecule has 3 N–H and O–H groups in total. The van der Waals surface area contributed by atoms with E-state index in [-0.39, 0.29) is 12.1 Å². The van der Waals surface area contributed by atoms with Gasteiger partial charge in [0.25, 0.3) is 0 Å². The summed E-state index contributed by atoms with van der Waals surface area (Å²) in [7, 11) is 0. The molecule has 0 spiro atoms. The number of carbonyl (C=O) groups is 1. The van der Waals surface area contributed by atoms with E-state index in [4.69, 9.17) is 16.3 Å². The number of urea groups is 1. The number of aromatic nitrogens is 2. The highest BCUT2D eigenvalue weighted by Gasteiger charge is 2.07. The van der Waals surface area contributed by atoms with Crippen LogP contribution in [0.5, 0.6) is 5.75 Å². The molecule has 0 aliphatic heterocycles. The Balaban J connectivity index is 1.82. The molecule has 2 amide bonds. The van der Waals surface area contributed by atoms with E-state index in [1.807, 2.05) is 13.8 Å². The quantitative estimate of drug-likeness (QED) is 0.764. The highest BCUT2D eigenvalue weighted by atomic mass is 35.5. The van der Waals surface area contributed by atoms with Crippen molar-refractivity contribution in [1.29, 1.82) is 0 Å². The smallest absolute Gasteiger partial charge is 0.319 e. The van der Waals surface area contributed by atoms with Gasteiger partial charge in [0.1, 0.15) is 5.75 Å². The molecule has 0 fully saturated rings. The molecular formula is C15H19ClN4O2. The van der Waals surface area contributed by atoms with E-state index >= 15 is 0 Å². The van der Waals surface area contributed by atoms with Crippen LogP contribution < -0.4 is 15.4 Å². The number of rotatable bonds is 6. The minimum atomic E-state index is -0.280. The number of carbonyl (C=O) groups excluding carboxylic acids is 1. The lowest BCUT2D eigenvalue weighted by Gasteiger charge is -2.13. The van der Waals surface area contributed by atoms with E-state index in [0.717, 1.165) is 5.56 Å². The third-order valence-corrected chi connectivity index (χ3v) is 3.10. The number of nitrogens with zero attached hydrogens (tertiary/aromatic N) is 1. The predicted octanol–water partition coefficient (Wildman–Crippen LogP) is 3.21. The highest BCUT2D eigenvalue weighted by molar-refractivity contribution is 6.32. The molecule has 0 radical (unpaired) electrons. The second-order valence-corrected chi connectivity index (χ2v) is 5.46. The number of ether oxygens (including phenoxy) is 1. The predicted molar refractivity (Wildman–Crippen MR) is 86.5 cm³/mol. The second-order valence-electron chi connectivity index (χ2n) is 5.05. The van der Waals surface area contributed by atoms with E-state index in [1.165, 1.54) is 0 Å². The van der Waals surface area contributed by atoms with Gasteiger partial charge < -0.3 is 15.4 Å². The fourth-order valence-electron chi connectivity index (χ4n) is 1.84. The number of aromatic amines is 1. The molecule has 0 saturated heterocycles. The Labute approximate surface area is 134 Å². The number of anilines is 1. The maximum Gasteiger partial charge on any atom is 0.319 e. The van der Waals surface area contributed by atoms with Gasteiger partial charge in [-0.1, -0.05) is 11.6 Å². The monoisotopic (exact) mass is 322 g/mol. The Morgan fingerprint density at radius 3 is 2.91 bits per heavy atom. The molecule has 2 rings (SSSR count). The second kappa shape index (κ2) is 7.70. The van der Waals surface area contributed by atoms with E-state index in [9.17, 15) is 4.79 Å². The van der Waals surface area contributed by atoms with Crippen LogP contribution >= 0.6 is 11.6 Å². The van der Waals surface area contributed by atoms with Crippen LogP contribution in [0.1, 0.15) is 19.4 Å². The number of hydrogen-bond donors (Lipinski definition) is 3. The first-order valence-corrected chi connectivity index (χ1v) is 7.41. The summed E-state index contributed by atoms with van der Waals surface area (Å²) in [5.41, 5.74) is 1.65. The zero-order valence-electron chi connectivity index (χ0n) is 12.5. The number of hydrogen-bond acceptors (Lipinski definition) is 3. The van der Waals surface area contributed by atoms with Crippen LogP contribution in [0.2, 0.25) is 5.02 Å². The zero-order valence-corrected chi connectivity index (χ0v) is 13.3. The van der Waals surface area contributed by atoms with Crippen LogP contribution in [0, 0.1) is 0 Å². The minimum Gasteiger partial charge on any atom is -0.489 e. The maximum absolute atomic E-state index is 11.8. The number of H-pyrrole nitrogens is 1. The standard InChI is InChI=1S/C15H19ClN4O2/c1-10(2)22-14-4-3-12(7-13(14)16)20-15(21)17-6-5-11-8-18-19-9-11/h3-4,7-10H,5-6H2,1-2H3,(H,18,19)(H2,17,20,21). The summed E-state index contributed by atoms with van der Waals surface area (Å²) in [4.78, 5) is 11.8. The molecule has 0 bridgehead atoms. The van der Waals surface area contributed by atoms with Crippen LogP contribution in [-0.2, 0) is 6.42 Å². The van der Waals surface area contributed by atoms with Crippen molar-refractivity contribution in [2.45, 2.75) is 26.4 Å². The summed E-state index contributed by atoms with van der Waals surface area (Å²) in [5, 5.41) is 12.5. The van der Waals surface area contributed by atoms with E-state index < -0.39 is 0 Å². The molecule has 0 atom stereocenters. The van der Waals surface area contributed by atoms with Crippen molar-refractivity contribution < 1.29 is 9.53 Å². The molecule has 22 heavy (non-hydrogen) atoms. The number of nitrogens with one attached hydrogen (secondary N) is 3. The summed E-state index contributed by atoms with van der Waals surface area (Å²) in [6.07, 6.45) is 4.29. The van der Waals surface area contributed by atoms with Gasteiger partial charge in [0.05, 0.1) is 17.3 Å². The van der Waals surface area contributed by atoms with Crippen molar-refractivity contribution >= 4 is 23.3 Å². The average Bonchev–Trinajstić information content (AvgIpc) is 2.95. The van der Waals surface area contributed by atoms with Crippen molar-refractivity contribution in [1.82, 2.24) is 15.5 Å². The molecule has 0 saturated carbocycles. The molecule has 1 heterocycles. The largest absolute Gasteiger partial charge is 0.489 e. The molecule has 1 aromatic heterocycles. The molecule has 0 aliphatic rings. The van der Waals surface area contributed by atoms with Gasteiger partial charge in [0.15, 0.2) is 0 Å². The third-order valence-electron chi connectivity index (χ3n) is 2.81. The van der Waals surface area contributed by atoms with Crippen LogP contribution in [0.15, 0.2) is 30.6 Å². The van der Waals surface area contributed by atoms with E-state index in [1.54, 1.807) is 30.6 Å². The SMILES string of the molecule is CC(C)Oc1ccc(NC(=O)NCCc2cn[nH]c2)cc1Cl. The van der Waals surface area contributed by atoms with Crippen molar-refractivity contribution in [2.75, 3.05) is 11.9 Å². The summed E-state index contributed by atoms with van der Waals surface area (Å²) in [6.45, 7) is 4.37. The first-order valence-electron chi connectivity index (χ1n) is 7.03. The summed E-state index contributed by atoms with van der Waals surface area (Å²) >= 11 is 6.12. The summed E-state index contributed by atoms with van der Waals surface area (Å²) in [6, 6.07) is 4.87. The summed E-state index contributed by atoms with van der Waals surface area (Å²) < 4.78 is 5.54. The van der Waals surface area contributed by atoms with Gasteiger partial charge in [-0.15, -0.1) is 0 Å². The lowest BCUT2D eigenvalue weighted by Crippen LogP contribution is -2.30. The van der Waals surface area contributed by atoms with Crippen LogP contribution in [-0.4, -0.2) is 28.9 Å². The van der Waals surface area contributed by atoms with Gasteiger partial charge >= 0.3 is 6.03 Å². The number of halogens is 1. The fraction of sp³-hybridized carbons (Fsp3) is 0.333. The van der Waals surface area contributed by atoms with Gasteiger partial charge in [-0.05, 0) is 44.0 Å². The molecule has 2 aromatic rings. The summed E-state index contributed by atoms with van der Waals surface area (Å²) in [5.74, 6) is 0.600. The maximum atomic E-state index is 11.8. The first kappa shape index (κ1) is 16.2.